The molecule has 4 heteroatoms. The van der Waals surface area contributed by atoms with E-state index in [1.807, 2.05) is 25.1 Å². The molecule has 0 aliphatic carbocycles. The molecule has 0 aliphatic rings. The van der Waals surface area contributed by atoms with E-state index in [1.165, 1.54) is 3.97 Å². The van der Waals surface area contributed by atoms with Crippen LogP contribution < -0.4 is 0 Å². The Bertz CT molecular complexity index is 833. The summed E-state index contributed by atoms with van der Waals surface area (Å²) in [4.78, 5) is 0.270. The second-order valence-electron chi connectivity index (χ2n) is 4.34. The highest BCUT2D eigenvalue weighted by Gasteiger charge is 2.19. The summed E-state index contributed by atoms with van der Waals surface area (Å²) in [7, 11) is -3.58. The Hall–Kier alpha value is -2.07. The maximum Gasteiger partial charge on any atom is 0.268 e. The minimum atomic E-state index is -3.58. The third-order valence-corrected chi connectivity index (χ3v) is 4.71. The third kappa shape index (κ3) is 1.85. The first-order valence-corrected chi connectivity index (χ1v) is 7.35. The van der Waals surface area contributed by atoms with E-state index >= 15 is 0 Å². The van der Waals surface area contributed by atoms with Crippen LogP contribution in [0.3, 0.4) is 0 Å². The van der Waals surface area contributed by atoms with Crippen molar-refractivity contribution in [1.29, 1.82) is 0 Å². The standard InChI is InChI=1S/C15H12NO2S/c1-12-11-16(15-10-6-5-9-14(12)15)19(17,18)13-7-3-2-4-8-13/h2-10H,1H3. The first-order chi connectivity index (χ1) is 9.10. The van der Waals surface area contributed by atoms with Crippen LogP contribution in [0.25, 0.3) is 10.9 Å². The Morgan fingerprint density at radius 3 is 2.32 bits per heavy atom. The van der Waals surface area contributed by atoms with Gasteiger partial charge in [0.05, 0.1) is 16.6 Å². The summed E-state index contributed by atoms with van der Waals surface area (Å²) >= 11 is 0. The largest absolute Gasteiger partial charge is 0.268 e. The van der Waals surface area contributed by atoms with E-state index in [0.717, 1.165) is 10.9 Å². The zero-order chi connectivity index (χ0) is 13.5. The average molecular weight is 270 g/mol. The summed E-state index contributed by atoms with van der Waals surface area (Å²) in [6, 6.07) is 15.8. The molecular weight excluding hydrogens is 258 g/mol. The van der Waals surface area contributed by atoms with Crippen molar-refractivity contribution in [3.05, 3.63) is 66.4 Å². The number of fused-ring (bicyclic) bond motifs is 1. The van der Waals surface area contributed by atoms with E-state index in [1.54, 1.807) is 36.4 Å². The van der Waals surface area contributed by atoms with Gasteiger partial charge in [-0.3, -0.25) is 0 Å². The Morgan fingerprint density at radius 1 is 0.947 bits per heavy atom. The van der Waals surface area contributed by atoms with Crippen molar-refractivity contribution in [3.8, 4) is 0 Å². The number of hydrogen-bond donors (Lipinski definition) is 0. The molecule has 0 bridgehead atoms. The van der Waals surface area contributed by atoms with Gasteiger partial charge in [-0.2, -0.15) is 0 Å². The smallest absolute Gasteiger partial charge is 0.231 e. The van der Waals surface area contributed by atoms with Crippen LogP contribution in [-0.2, 0) is 10.0 Å². The first-order valence-electron chi connectivity index (χ1n) is 5.91. The summed E-state index contributed by atoms with van der Waals surface area (Å²) in [5.41, 5.74) is 1.49. The monoisotopic (exact) mass is 270 g/mol. The molecule has 3 rings (SSSR count). The lowest BCUT2D eigenvalue weighted by atomic mass is 10.2. The molecule has 19 heavy (non-hydrogen) atoms. The van der Waals surface area contributed by atoms with Gasteiger partial charge in [0.1, 0.15) is 0 Å². The molecule has 0 spiro atoms. The maximum absolute atomic E-state index is 12.6. The lowest BCUT2D eigenvalue weighted by Gasteiger charge is -2.06. The van der Waals surface area contributed by atoms with Gasteiger partial charge in [0.2, 0.25) is 0 Å². The highest BCUT2D eigenvalue weighted by atomic mass is 32.2. The first kappa shape index (κ1) is 12.0. The Labute approximate surface area is 112 Å². The SMILES string of the molecule is Cc1[c]n(S(=O)(=O)c2ccccc2)c2ccccc12. The molecule has 0 saturated heterocycles. The number of rotatable bonds is 2. The topological polar surface area (TPSA) is 39.1 Å². The van der Waals surface area contributed by atoms with E-state index < -0.39 is 10.0 Å². The molecule has 0 aliphatic heterocycles. The van der Waals surface area contributed by atoms with Crippen LogP contribution in [0.1, 0.15) is 5.56 Å². The van der Waals surface area contributed by atoms with E-state index in [-0.39, 0.29) is 4.90 Å². The van der Waals surface area contributed by atoms with Crippen molar-refractivity contribution >= 4 is 20.9 Å². The summed E-state index contributed by atoms with van der Waals surface area (Å²) < 4.78 is 26.4. The quantitative estimate of drug-likeness (QED) is 0.718. The van der Waals surface area contributed by atoms with E-state index in [4.69, 9.17) is 0 Å². The lowest BCUT2D eigenvalue weighted by molar-refractivity contribution is 0.588. The summed E-state index contributed by atoms with van der Waals surface area (Å²) in [5.74, 6) is 0. The van der Waals surface area contributed by atoms with Crippen LogP contribution in [-0.4, -0.2) is 12.4 Å². The fraction of sp³-hybridized carbons (Fsp3) is 0.0667. The molecule has 1 heterocycles. The van der Waals surface area contributed by atoms with Crippen molar-refractivity contribution in [2.75, 3.05) is 0 Å². The molecule has 0 amide bonds. The van der Waals surface area contributed by atoms with Gasteiger partial charge in [0, 0.05) is 5.39 Å². The number of nitrogens with zero attached hydrogens (tertiary/aromatic N) is 1. The zero-order valence-electron chi connectivity index (χ0n) is 10.4. The van der Waals surface area contributed by atoms with Crippen LogP contribution in [0, 0.1) is 13.1 Å². The van der Waals surface area contributed by atoms with Gasteiger partial charge in [-0.15, -0.1) is 0 Å². The molecule has 3 aromatic rings. The molecule has 1 radical (unpaired) electrons. The molecule has 0 N–H and O–H groups in total. The molecule has 95 valence electrons. The van der Waals surface area contributed by atoms with Crippen molar-refractivity contribution in [3.63, 3.8) is 0 Å². The molecule has 2 aromatic carbocycles. The van der Waals surface area contributed by atoms with Gasteiger partial charge in [-0.05, 0) is 30.7 Å². The predicted molar refractivity (Wildman–Crippen MR) is 74.5 cm³/mol. The van der Waals surface area contributed by atoms with Crippen LogP contribution in [0.15, 0.2) is 59.5 Å². The molecule has 0 fully saturated rings. The third-order valence-electron chi connectivity index (χ3n) is 3.08. The molecule has 0 unspecified atom stereocenters. The molecule has 3 nitrogen and oxygen atoms in total. The number of hydrogen-bond acceptors (Lipinski definition) is 2. The Morgan fingerprint density at radius 2 is 1.58 bits per heavy atom. The van der Waals surface area contributed by atoms with Crippen LogP contribution in [0.5, 0.6) is 0 Å². The van der Waals surface area contributed by atoms with E-state index in [0.29, 0.717) is 5.52 Å². The number of aryl methyl sites for hydroxylation is 1. The van der Waals surface area contributed by atoms with Gasteiger partial charge >= 0.3 is 0 Å². The summed E-state index contributed by atoms with van der Waals surface area (Å²) in [6.07, 6.45) is 2.92. The fourth-order valence-corrected chi connectivity index (χ4v) is 3.52. The number of benzene rings is 2. The molecule has 1 aromatic heterocycles. The number of aromatic nitrogens is 1. The van der Waals surface area contributed by atoms with E-state index in [2.05, 4.69) is 6.20 Å². The van der Waals surface area contributed by atoms with Crippen molar-refractivity contribution in [1.82, 2.24) is 3.97 Å². The van der Waals surface area contributed by atoms with Crippen LogP contribution in [0.4, 0.5) is 0 Å². The average Bonchev–Trinajstić information content (AvgIpc) is 2.79. The summed E-state index contributed by atoms with van der Waals surface area (Å²) in [5, 5.41) is 0.905. The molecule has 0 atom stereocenters. The van der Waals surface area contributed by atoms with Crippen molar-refractivity contribution < 1.29 is 8.42 Å². The highest BCUT2D eigenvalue weighted by molar-refractivity contribution is 7.90. The van der Waals surface area contributed by atoms with Crippen LogP contribution >= 0.6 is 0 Å². The van der Waals surface area contributed by atoms with Gasteiger partial charge in [-0.1, -0.05) is 36.4 Å². The Kier molecular flexibility index (Phi) is 2.68. The minimum Gasteiger partial charge on any atom is -0.231 e. The highest BCUT2D eigenvalue weighted by Crippen LogP contribution is 2.24. The normalized spacial score (nSPS) is 11.8. The van der Waals surface area contributed by atoms with Crippen LogP contribution in [0.2, 0.25) is 0 Å². The zero-order valence-corrected chi connectivity index (χ0v) is 11.2. The predicted octanol–water partition coefficient (Wildman–Crippen LogP) is 2.99. The summed E-state index contributed by atoms with van der Waals surface area (Å²) in [6.45, 7) is 1.86. The second kappa shape index (κ2) is 4.24. The number of para-hydroxylation sites is 1. The van der Waals surface area contributed by atoms with Crippen molar-refractivity contribution in [2.24, 2.45) is 0 Å². The van der Waals surface area contributed by atoms with Gasteiger partial charge < -0.3 is 0 Å². The minimum absolute atomic E-state index is 0.270. The van der Waals surface area contributed by atoms with Crippen molar-refractivity contribution in [2.45, 2.75) is 11.8 Å². The Balaban J connectivity index is 2.31. The second-order valence-corrected chi connectivity index (χ2v) is 6.12. The van der Waals surface area contributed by atoms with Gasteiger partial charge in [-0.25, -0.2) is 12.4 Å². The molecular formula is C15H12NO2S. The van der Waals surface area contributed by atoms with Gasteiger partial charge in [0.25, 0.3) is 10.0 Å². The van der Waals surface area contributed by atoms with E-state index in [9.17, 15) is 8.42 Å². The lowest BCUT2D eigenvalue weighted by Crippen LogP contribution is -2.11. The fourth-order valence-electron chi connectivity index (χ4n) is 2.13. The maximum atomic E-state index is 12.6. The van der Waals surface area contributed by atoms with Gasteiger partial charge in [0.15, 0.2) is 0 Å². The molecule has 0 saturated carbocycles.